The first kappa shape index (κ1) is 23.1. The number of pyridine rings is 1. The molecule has 0 radical (unpaired) electrons. The highest BCUT2D eigenvalue weighted by atomic mass is 32.2. The molecule has 1 aliphatic rings. The standard InChI is InChI=1S/C23H24N4O4S2/c28-22(18-9-12-27(13-10-18)33(30,31)21-8-4-14-32-21)26-20-7-2-1-6-19(20)23(29)25-16-17-5-3-11-24-15-17/h1-8,11,14-15,18H,9-10,12-13,16H2,(H,25,29)(H,26,28). The van der Waals surface area contributed by atoms with Gasteiger partial charge in [0, 0.05) is 37.9 Å². The zero-order valence-electron chi connectivity index (χ0n) is 17.8. The summed E-state index contributed by atoms with van der Waals surface area (Å²) in [6.07, 6.45) is 4.19. The van der Waals surface area contributed by atoms with Gasteiger partial charge < -0.3 is 10.6 Å². The van der Waals surface area contributed by atoms with Gasteiger partial charge in [-0.1, -0.05) is 24.3 Å². The van der Waals surface area contributed by atoms with Crippen LogP contribution in [0.2, 0.25) is 0 Å². The van der Waals surface area contributed by atoms with Gasteiger partial charge in [-0.3, -0.25) is 14.6 Å². The third-order valence-electron chi connectivity index (χ3n) is 5.52. The lowest BCUT2D eigenvalue weighted by molar-refractivity contribution is -0.120. The first-order valence-corrected chi connectivity index (χ1v) is 12.9. The lowest BCUT2D eigenvalue weighted by atomic mass is 9.97. The van der Waals surface area contributed by atoms with Crippen molar-refractivity contribution >= 4 is 38.9 Å². The number of amides is 2. The summed E-state index contributed by atoms with van der Waals surface area (Å²) >= 11 is 1.19. The average Bonchev–Trinajstić information content (AvgIpc) is 3.40. The van der Waals surface area contributed by atoms with E-state index in [1.54, 1.807) is 60.2 Å². The third kappa shape index (κ3) is 5.47. The Balaban J connectivity index is 1.36. The minimum atomic E-state index is -3.51. The van der Waals surface area contributed by atoms with E-state index in [4.69, 9.17) is 0 Å². The molecule has 172 valence electrons. The van der Waals surface area contributed by atoms with Gasteiger partial charge in [0.1, 0.15) is 4.21 Å². The molecule has 1 saturated heterocycles. The fraction of sp³-hybridized carbons (Fsp3) is 0.261. The molecule has 10 heteroatoms. The first-order chi connectivity index (χ1) is 15.9. The summed E-state index contributed by atoms with van der Waals surface area (Å²) in [5.41, 5.74) is 1.67. The normalized spacial score (nSPS) is 15.2. The van der Waals surface area contributed by atoms with Crippen molar-refractivity contribution in [3.63, 3.8) is 0 Å². The monoisotopic (exact) mass is 484 g/mol. The van der Waals surface area contributed by atoms with Crippen LogP contribution >= 0.6 is 11.3 Å². The Hall–Kier alpha value is -3.08. The molecule has 1 fully saturated rings. The number of para-hydroxylation sites is 1. The largest absolute Gasteiger partial charge is 0.348 e. The van der Waals surface area contributed by atoms with Gasteiger partial charge in [0.15, 0.2) is 0 Å². The summed E-state index contributed by atoms with van der Waals surface area (Å²) in [7, 11) is -3.51. The fourth-order valence-electron chi connectivity index (χ4n) is 3.70. The van der Waals surface area contributed by atoms with Crippen LogP contribution in [0.5, 0.6) is 0 Å². The van der Waals surface area contributed by atoms with Crippen LogP contribution in [0.25, 0.3) is 0 Å². The molecule has 0 spiro atoms. The Kier molecular flexibility index (Phi) is 7.17. The van der Waals surface area contributed by atoms with E-state index in [0.717, 1.165) is 5.56 Å². The second kappa shape index (κ2) is 10.2. The van der Waals surface area contributed by atoms with E-state index in [-0.39, 0.29) is 30.8 Å². The lowest BCUT2D eigenvalue weighted by Gasteiger charge is -2.30. The molecule has 2 amide bonds. The smallest absolute Gasteiger partial charge is 0.253 e. The molecule has 4 rings (SSSR count). The molecule has 0 unspecified atom stereocenters. The minimum Gasteiger partial charge on any atom is -0.348 e. The van der Waals surface area contributed by atoms with Gasteiger partial charge in [0.05, 0.1) is 11.3 Å². The molecule has 8 nitrogen and oxygen atoms in total. The molecule has 0 aliphatic carbocycles. The quantitative estimate of drug-likeness (QED) is 0.536. The van der Waals surface area contributed by atoms with Crippen LogP contribution in [0.3, 0.4) is 0 Å². The number of nitrogens with one attached hydrogen (secondary N) is 2. The van der Waals surface area contributed by atoms with Crippen LogP contribution in [0, 0.1) is 5.92 Å². The predicted molar refractivity (Wildman–Crippen MR) is 126 cm³/mol. The Labute approximate surface area is 196 Å². The molecular formula is C23H24N4O4S2. The summed E-state index contributed by atoms with van der Waals surface area (Å²) in [4.78, 5) is 29.6. The molecule has 33 heavy (non-hydrogen) atoms. The second-order valence-corrected chi connectivity index (χ2v) is 10.8. The maximum Gasteiger partial charge on any atom is 0.253 e. The van der Waals surface area contributed by atoms with Crippen molar-refractivity contribution in [1.82, 2.24) is 14.6 Å². The van der Waals surface area contributed by atoms with Crippen molar-refractivity contribution in [2.75, 3.05) is 18.4 Å². The highest BCUT2D eigenvalue weighted by Gasteiger charge is 2.32. The number of piperidine rings is 1. The Morgan fingerprint density at radius 2 is 1.85 bits per heavy atom. The van der Waals surface area contributed by atoms with Gasteiger partial charge in [-0.25, -0.2) is 8.42 Å². The number of thiophene rings is 1. The van der Waals surface area contributed by atoms with Crippen molar-refractivity contribution in [1.29, 1.82) is 0 Å². The van der Waals surface area contributed by atoms with E-state index in [1.165, 1.54) is 15.6 Å². The number of aromatic nitrogens is 1. The van der Waals surface area contributed by atoms with Gasteiger partial charge in [-0.15, -0.1) is 11.3 Å². The number of rotatable bonds is 7. The van der Waals surface area contributed by atoms with Crippen LogP contribution in [-0.4, -0.2) is 42.6 Å². The molecule has 0 bridgehead atoms. The second-order valence-electron chi connectivity index (χ2n) is 7.69. The maximum absolute atomic E-state index is 12.9. The Morgan fingerprint density at radius 1 is 1.06 bits per heavy atom. The van der Waals surface area contributed by atoms with E-state index >= 15 is 0 Å². The van der Waals surface area contributed by atoms with E-state index in [1.807, 2.05) is 6.07 Å². The molecule has 1 aliphatic heterocycles. The number of hydrogen-bond acceptors (Lipinski definition) is 6. The summed E-state index contributed by atoms with van der Waals surface area (Å²) in [5.74, 6) is -0.839. The topological polar surface area (TPSA) is 108 Å². The molecule has 3 aromatic rings. The van der Waals surface area contributed by atoms with E-state index in [2.05, 4.69) is 15.6 Å². The fourth-order valence-corrected chi connectivity index (χ4v) is 6.32. The number of carbonyl (C=O) groups is 2. The van der Waals surface area contributed by atoms with Crippen LogP contribution < -0.4 is 10.6 Å². The van der Waals surface area contributed by atoms with Crippen molar-refractivity contribution in [2.24, 2.45) is 5.92 Å². The highest BCUT2D eigenvalue weighted by Crippen LogP contribution is 2.27. The lowest BCUT2D eigenvalue weighted by Crippen LogP contribution is -2.41. The van der Waals surface area contributed by atoms with Gasteiger partial charge in [-0.05, 0) is 48.1 Å². The zero-order valence-corrected chi connectivity index (χ0v) is 19.4. The van der Waals surface area contributed by atoms with Crippen LogP contribution in [-0.2, 0) is 21.4 Å². The van der Waals surface area contributed by atoms with E-state index in [0.29, 0.717) is 34.8 Å². The molecule has 0 atom stereocenters. The number of nitrogens with zero attached hydrogens (tertiary/aromatic N) is 2. The van der Waals surface area contributed by atoms with Gasteiger partial charge in [-0.2, -0.15) is 4.31 Å². The molecule has 2 N–H and O–H groups in total. The molecule has 2 aromatic heterocycles. The molecule has 3 heterocycles. The van der Waals surface area contributed by atoms with Crippen molar-refractivity contribution < 1.29 is 18.0 Å². The SMILES string of the molecule is O=C(NCc1cccnc1)c1ccccc1NC(=O)C1CCN(S(=O)(=O)c2cccs2)CC1. The highest BCUT2D eigenvalue weighted by molar-refractivity contribution is 7.91. The van der Waals surface area contributed by atoms with Crippen molar-refractivity contribution in [2.45, 2.75) is 23.6 Å². The van der Waals surface area contributed by atoms with Gasteiger partial charge in [0.25, 0.3) is 15.9 Å². The molecule has 0 saturated carbocycles. The maximum atomic E-state index is 12.9. The summed E-state index contributed by atoms with van der Waals surface area (Å²) in [6, 6.07) is 13.8. The first-order valence-electron chi connectivity index (χ1n) is 10.6. The zero-order chi connectivity index (χ0) is 23.3. The van der Waals surface area contributed by atoms with Gasteiger partial charge in [0.2, 0.25) is 5.91 Å². The summed E-state index contributed by atoms with van der Waals surface area (Å²) < 4.78 is 27.1. The van der Waals surface area contributed by atoms with E-state index in [9.17, 15) is 18.0 Å². The number of benzene rings is 1. The van der Waals surface area contributed by atoms with Crippen LogP contribution in [0.15, 0.2) is 70.5 Å². The number of hydrogen-bond donors (Lipinski definition) is 2. The van der Waals surface area contributed by atoms with Gasteiger partial charge >= 0.3 is 0 Å². The minimum absolute atomic E-state index is 0.212. The molecular weight excluding hydrogens is 460 g/mol. The van der Waals surface area contributed by atoms with Crippen LogP contribution in [0.1, 0.15) is 28.8 Å². The number of sulfonamides is 1. The van der Waals surface area contributed by atoms with E-state index < -0.39 is 10.0 Å². The Bertz CT molecular complexity index is 1210. The Morgan fingerprint density at radius 3 is 2.55 bits per heavy atom. The number of carbonyl (C=O) groups excluding carboxylic acids is 2. The van der Waals surface area contributed by atoms with Crippen LogP contribution in [0.4, 0.5) is 5.69 Å². The molecule has 1 aromatic carbocycles. The third-order valence-corrected chi connectivity index (χ3v) is 8.79. The summed E-state index contributed by atoms with van der Waals surface area (Å²) in [5, 5.41) is 7.44. The predicted octanol–water partition coefficient (Wildman–Crippen LogP) is 3.11. The average molecular weight is 485 g/mol. The summed E-state index contributed by atoms with van der Waals surface area (Å²) in [6.45, 7) is 0.892. The van der Waals surface area contributed by atoms with Crippen molar-refractivity contribution in [3.05, 3.63) is 77.4 Å². The number of anilines is 1. The van der Waals surface area contributed by atoms with Crippen molar-refractivity contribution in [3.8, 4) is 0 Å².